The molecule has 2 aliphatic carbocycles. The predicted octanol–water partition coefficient (Wildman–Crippen LogP) is 6.45. The van der Waals surface area contributed by atoms with Gasteiger partial charge in [0, 0.05) is 34.8 Å². The Bertz CT molecular complexity index is 1770. The van der Waals surface area contributed by atoms with E-state index in [-0.39, 0.29) is 30.3 Å². The van der Waals surface area contributed by atoms with E-state index in [0.29, 0.717) is 43.8 Å². The SMILES string of the molecule is CCCCCC1C=CC(CCCCCC(C(=O)O)C(O)CCC2(O)CC(Cc3ccnc(N)c3)CC2CC2=Nc3cc4c(cc3=C2)C=CN=4)C(O)C1. The standard InChI is InChI=1S/C43H58N4O5/c1-2-3-5-8-28-11-12-31(40(49)21-28)9-6-4-7-10-36(42(50)51)39(48)13-16-43(52)27-30(19-29-14-17-46-41(44)22-29)20-34(43)25-35-24-33-23-32-15-18-45-37(32)26-38(33)47-35/h11-12,14-15,17-18,22-24,26,28,30-31,34,36,39-40,48-49,52H,2-10,13,16,19-21,25,27H2,1H3,(H2,44,46)(H,50,51). The number of hydrogen-bond donors (Lipinski definition) is 5. The molecule has 1 aromatic carbocycles. The topological polar surface area (TPSA) is 162 Å². The maximum absolute atomic E-state index is 12.3. The molecule has 1 fully saturated rings. The summed E-state index contributed by atoms with van der Waals surface area (Å²) in [6.07, 6.45) is 23.4. The second kappa shape index (κ2) is 17.4. The van der Waals surface area contributed by atoms with Crippen molar-refractivity contribution >= 4 is 35.3 Å². The maximum Gasteiger partial charge on any atom is 0.309 e. The van der Waals surface area contributed by atoms with Gasteiger partial charge < -0.3 is 26.2 Å². The molecule has 9 nitrogen and oxygen atoms in total. The Morgan fingerprint density at radius 2 is 1.88 bits per heavy atom. The maximum atomic E-state index is 12.3. The van der Waals surface area contributed by atoms with E-state index in [9.17, 15) is 25.2 Å². The van der Waals surface area contributed by atoms with Crippen LogP contribution in [-0.4, -0.2) is 54.9 Å². The molecule has 2 aromatic rings. The Labute approximate surface area is 308 Å². The highest BCUT2D eigenvalue weighted by Crippen LogP contribution is 2.47. The minimum Gasteiger partial charge on any atom is -0.481 e. The van der Waals surface area contributed by atoms with Crippen molar-refractivity contribution in [2.75, 3.05) is 5.73 Å². The quantitative estimate of drug-likeness (QED) is 0.0827. The molecule has 0 saturated heterocycles. The zero-order valence-corrected chi connectivity index (χ0v) is 30.7. The molecule has 6 N–H and O–H groups in total. The number of aliphatic hydroxyl groups is 3. The number of anilines is 1. The van der Waals surface area contributed by atoms with Gasteiger partial charge in [0.2, 0.25) is 0 Å². The predicted molar refractivity (Wildman–Crippen MR) is 206 cm³/mol. The van der Waals surface area contributed by atoms with E-state index in [1.54, 1.807) is 12.4 Å². The second-order valence-corrected chi connectivity index (χ2v) is 16.1. The zero-order valence-electron chi connectivity index (χ0n) is 30.7. The summed E-state index contributed by atoms with van der Waals surface area (Å²) in [6, 6.07) is 7.97. The van der Waals surface area contributed by atoms with Gasteiger partial charge in [0.05, 0.1) is 34.8 Å². The number of carboxylic acids is 1. The fraction of sp³-hybridized carbons (Fsp3) is 0.581. The van der Waals surface area contributed by atoms with Gasteiger partial charge in [-0.1, -0.05) is 57.6 Å². The third kappa shape index (κ3) is 9.65. The summed E-state index contributed by atoms with van der Waals surface area (Å²) in [5.41, 5.74) is 8.87. The molecular weight excluding hydrogens is 652 g/mol. The van der Waals surface area contributed by atoms with Crippen molar-refractivity contribution in [3.05, 3.63) is 70.5 Å². The van der Waals surface area contributed by atoms with Crippen molar-refractivity contribution < 1.29 is 25.2 Å². The summed E-state index contributed by atoms with van der Waals surface area (Å²) in [6.45, 7) is 2.21. The molecule has 1 aromatic heterocycles. The van der Waals surface area contributed by atoms with Gasteiger partial charge in [0.25, 0.3) is 0 Å². The molecule has 8 unspecified atom stereocenters. The molecule has 52 heavy (non-hydrogen) atoms. The minimum atomic E-state index is -1.07. The molecule has 0 spiro atoms. The highest BCUT2D eigenvalue weighted by atomic mass is 16.4. The summed E-state index contributed by atoms with van der Waals surface area (Å²) in [7, 11) is 0. The Hall–Kier alpha value is -3.66. The third-order valence-electron chi connectivity index (χ3n) is 12.1. The van der Waals surface area contributed by atoms with Gasteiger partial charge in [-0.15, -0.1) is 0 Å². The highest BCUT2D eigenvalue weighted by Gasteiger charge is 2.46. The summed E-state index contributed by atoms with van der Waals surface area (Å²) < 4.78 is 0. The monoisotopic (exact) mass is 710 g/mol. The number of nitrogens with zero attached hydrogens (tertiary/aromatic N) is 3. The van der Waals surface area contributed by atoms with E-state index in [1.807, 2.05) is 24.3 Å². The lowest BCUT2D eigenvalue weighted by Crippen LogP contribution is -2.37. The summed E-state index contributed by atoms with van der Waals surface area (Å²) >= 11 is 0. The Kier molecular flexibility index (Phi) is 12.8. The van der Waals surface area contributed by atoms with Crippen LogP contribution in [0.25, 0.3) is 12.2 Å². The first-order valence-electron chi connectivity index (χ1n) is 19.8. The summed E-state index contributed by atoms with van der Waals surface area (Å²) in [5, 5.41) is 46.3. The first kappa shape index (κ1) is 38.1. The van der Waals surface area contributed by atoms with Crippen molar-refractivity contribution in [2.24, 2.45) is 39.6 Å². The summed E-state index contributed by atoms with van der Waals surface area (Å²) in [5.74, 6) is -0.654. The lowest BCUT2D eigenvalue weighted by molar-refractivity contribution is -0.146. The van der Waals surface area contributed by atoms with Crippen molar-refractivity contribution in [1.29, 1.82) is 0 Å². The van der Waals surface area contributed by atoms with E-state index in [4.69, 9.17) is 10.7 Å². The second-order valence-electron chi connectivity index (χ2n) is 16.1. The number of nitrogens with two attached hydrogens (primary N) is 1. The van der Waals surface area contributed by atoms with Gasteiger partial charge in [-0.2, -0.15) is 0 Å². The molecule has 6 rings (SSSR count). The third-order valence-corrected chi connectivity index (χ3v) is 12.1. The van der Waals surface area contributed by atoms with Crippen LogP contribution in [0.5, 0.6) is 0 Å². The number of hydrogen-bond acceptors (Lipinski definition) is 8. The minimum absolute atomic E-state index is 0.0938. The largest absolute Gasteiger partial charge is 0.481 e. The normalized spacial score (nSPS) is 27.1. The molecule has 4 aliphatic rings. The molecule has 9 heteroatoms. The van der Waals surface area contributed by atoms with Crippen LogP contribution in [0.4, 0.5) is 11.5 Å². The Balaban J connectivity index is 1.03. The van der Waals surface area contributed by atoms with E-state index in [1.165, 1.54) is 19.3 Å². The van der Waals surface area contributed by atoms with Crippen LogP contribution in [0.2, 0.25) is 0 Å². The lowest BCUT2D eigenvalue weighted by Gasteiger charge is -2.32. The molecule has 0 amide bonds. The van der Waals surface area contributed by atoms with Crippen LogP contribution >= 0.6 is 0 Å². The van der Waals surface area contributed by atoms with Crippen molar-refractivity contribution in [2.45, 2.75) is 127 Å². The fourth-order valence-corrected chi connectivity index (χ4v) is 9.20. The molecule has 0 radical (unpaired) electrons. The van der Waals surface area contributed by atoms with Crippen molar-refractivity contribution in [3.8, 4) is 0 Å². The van der Waals surface area contributed by atoms with Gasteiger partial charge >= 0.3 is 5.97 Å². The number of carbonyl (C=O) groups is 1. The molecule has 1 saturated carbocycles. The number of aliphatic hydroxyl groups excluding tert-OH is 2. The number of carboxylic acid groups (broad SMARTS) is 1. The zero-order chi connectivity index (χ0) is 36.7. The van der Waals surface area contributed by atoms with Crippen LogP contribution < -0.4 is 16.3 Å². The highest BCUT2D eigenvalue weighted by molar-refractivity contribution is 6.14. The average molecular weight is 711 g/mol. The van der Waals surface area contributed by atoms with E-state index < -0.39 is 23.6 Å². The number of allylic oxidation sites excluding steroid dienone is 1. The van der Waals surface area contributed by atoms with Crippen LogP contribution in [0.3, 0.4) is 0 Å². The number of pyridine rings is 1. The molecule has 3 heterocycles. The number of unbranched alkanes of at least 4 members (excludes halogenated alkanes) is 4. The number of rotatable bonds is 19. The Morgan fingerprint density at radius 3 is 2.67 bits per heavy atom. The molecule has 8 atom stereocenters. The first-order valence-corrected chi connectivity index (χ1v) is 19.8. The van der Waals surface area contributed by atoms with Gasteiger partial charge in [0.1, 0.15) is 5.82 Å². The number of fused-ring (bicyclic) bond motifs is 2. The average Bonchev–Trinajstić information content (AvgIpc) is 3.81. The van der Waals surface area contributed by atoms with Crippen LogP contribution in [0.15, 0.2) is 58.8 Å². The van der Waals surface area contributed by atoms with E-state index >= 15 is 0 Å². The molecular formula is C43H58N4O5. The molecule has 2 aliphatic heterocycles. The number of aromatic nitrogens is 1. The smallest absolute Gasteiger partial charge is 0.309 e. The van der Waals surface area contributed by atoms with Gasteiger partial charge in [0.15, 0.2) is 0 Å². The van der Waals surface area contributed by atoms with Crippen LogP contribution in [0.1, 0.15) is 114 Å². The van der Waals surface area contributed by atoms with Crippen molar-refractivity contribution in [3.63, 3.8) is 0 Å². The Morgan fingerprint density at radius 1 is 1.04 bits per heavy atom. The number of benzene rings is 1. The summed E-state index contributed by atoms with van der Waals surface area (Å²) in [4.78, 5) is 25.8. The van der Waals surface area contributed by atoms with Gasteiger partial charge in [-0.05, 0) is 124 Å². The molecule has 0 bridgehead atoms. The van der Waals surface area contributed by atoms with Gasteiger partial charge in [-0.3, -0.25) is 14.8 Å². The lowest BCUT2D eigenvalue weighted by atomic mass is 9.80. The molecule has 280 valence electrons. The number of aliphatic carboxylic acids is 1. The fourth-order valence-electron chi connectivity index (χ4n) is 9.20. The number of aliphatic imine (C=N–C) groups is 1. The van der Waals surface area contributed by atoms with E-state index in [0.717, 1.165) is 78.0 Å². The van der Waals surface area contributed by atoms with Crippen molar-refractivity contribution in [1.82, 2.24) is 4.98 Å². The van der Waals surface area contributed by atoms with Gasteiger partial charge in [-0.25, -0.2) is 4.98 Å². The first-order chi connectivity index (χ1) is 25.1. The van der Waals surface area contributed by atoms with E-state index in [2.05, 4.69) is 41.2 Å². The van der Waals surface area contributed by atoms with Crippen LogP contribution in [-0.2, 0) is 11.2 Å². The van der Waals surface area contributed by atoms with Crippen LogP contribution in [0, 0.1) is 29.6 Å². The number of nitrogen functional groups attached to an aromatic ring is 1.